The van der Waals surface area contributed by atoms with Crippen molar-refractivity contribution in [3.05, 3.63) is 47.0 Å². The Morgan fingerprint density at radius 2 is 1.96 bits per heavy atom. The van der Waals surface area contributed by atoms with Crippen molar-refractivity contribution < 1.29 is 18.4 Å². The summed E-state index contributed by atoms with van der Waals surface area (Å²) in [5.41, 5.74) is 0.792. The molecule has 2 N–H and O–H groups in total. The van der Waals surface area contributed by atoms with E-state index in [1.165, 1.54) is 0 Å². The molecular formula is C18H20F2N4O2. The first kappa shape index (κ1) is 18.0. The maximum atomic E-state index is 13.8. The number of carbonyl (C=O) groups excluding carboxylic acids is 2. The number of hydrogen-bond acceptors (Lipinski definition) is 3. The van der Waals surface area contributed by atoms with Crippen molar-refractivity contribution in [3.8, 4) is 0 Å². The van der Waals surface area contributed by atoms with Gasteiger partial charge in [0.05, 0.1) is 11.4 Å². The summed E-state index contributed by atoms with van der Waals surface area (Å²) in [4.78, 5) is 29.2. The molecule has 3 rings (SSSR count). The van der Waals surface area contributed by atoms with Crippen molar-refractivity contribution in [1.82, 2.24) is 14.9 Å². The van der Waals surface area contributed by atoms with Crippen LogP contribution in [0.2, 0.25) is 0 Å². The number of fused-ring (bicyclic) bond motifs is 1. The van der Waals surface area contributed by atoms with Crippen LogP contribution in [-0.4, -0.2) is 27.4 Å². The van der Waals surface area contributed by atoms with E-state index in [-0.39, 0.29) is 29.2 Å². The predicted molar refractivity (Wildman–Crippen MR) is 92.1 cm³/mol. The molecule has 1 aromatic heterocycles. The van der Waals surface area contributed by atoms with Crippen LogP contribution in [0.15, 0.2) is 18.2 Å². The number of hydrogen-bond donors (Lipinski definition) is 2. The third-order valence-corrected chi connectivity index (χ3v) is 4.14. The van der Waals surface area contributed by atoms with Gasteiger partial charge in [0.25, 0.3) is 11.8 Å². The van der Waals surface area contributed by atoms with Gasteiger partial charge in [0.1, 0.15) is 17.3 Å². The molecule has 26 heavy (non-hydrogen) atoms. The first-order chi connectivity index (χ1) is 12.4. The molecule has 2 aromatic rings. The Morgan fingerprint density at radius 3 is 2.65 bits per heavy atom. The molecule has 0 aliphatic carbocycles. The third-order valence-electron chi connectivity index (χ3n) is 4.14. The molecule has 0 fully saturated rings. The Morgan fingerprint density at radius 1 is 1.19 bits per heavy atom. The summed E-state index contributed by atoms with van der Waals surface area (Å²) in [6.45, 7) is 4.24. The van der Waals surface area contributed by atoms with Crippen LogP contribution >= 0.6 is 0 Å². The Bertz CT molecular complexity index is 861. The SMILES string of the molecule is CC(C)NC(=O)c1nc(C(=O)Nc2ccc(F)cc2F)n2c1CCCC2. The third kappa shape index (κ3) is 3.58. The Kier molecular flexibility index (Phi) is 5.01. The van der Waals surface area contributed by atoms with Gasteiger partial charge in [-0.1, -0.05) is 0 Å². The number of amides is 2. The average molecular weight is 362 g/mol. The maximum Gasteiger partial charge on any atom is 0.291 e. The van der Waals surface area contributed by atoms with E-state index in [0.29, 0.717) is 24.7 Å². The number of anilines is 1. The monoisotopic (exact) mass is 362 g/mol. The van der Waals surface area contributed by atoms with Gasteiger partial charge in [-0.15, -0.1) is 0 Å². The molecule has 138 valence electrons. The molecule has 0 unspecified atom stereocenters. The molecule has 0 saturated carbocycles. The lowest BCUT2D eigenvalue weighted by atomic mass is 10.1. The van der Waals surface area contributed by atoms with Crippen molar-refractivity contribution in [1.29, 1.82) is 0 Å². The van der Waals surface area contributed by atoms with Crippen LogP contribution in [0.1, 0.15) is 53.5 Å². The second-order valence-electron chi connectivity index (χ2n) is 6.55. The fourth-order valence-electron chi connectivity index (χ4n) is 3.00. The normalized spacial score (nSPS) is 13.4. The van der Waals surface area contributed by atoms with E-state index in [0.717, 1.165) is 25.0 Å². The summed E-state index contributed by atoms with van der Waals surface area (Å²) < 4.78 is 28.5. The Balaban J connectivity index is 1.92. The van der Waals surface area contributed by atoms with Crippen LogP contribution < -0.4 is 10.6 Å². The molecular weight excluding hydrogens is 342 g/mol. The van der Waals surface area contributed by atoms with Crippen molar-refractivity contribution >= 4 is 17.5 Å². The Hall–Kier alpha value is -2.77. The standard InChI is InChI=1S/C18H20F2N4O2/c1-10(2)21-17(25)15-14-5-3-4-8-24(14)16(23-15)18(26)22-13-7-6-11(19)9-12(13)20/h6-7,9-10H,3-5,8H2,1-2H3,(H,21,25)(H,22,26). The number of aromatic nitrogens is 2. The summed E-state index contributed by atoms with van der Waals surface area (Å²) in [5.74, 6) is -2.52. The number of rotatable bonds is 4. The van der Waals surface area contributed by atoms with Gasteiger partial charge in [0, 0.05) is 18.7 Å². The largest absolute Gasteiger partial charge is 0.348 e. The minimum Gasteiger partial charge on any atom is -0.348 e. The smallest absolute Gasteiger partial charge is 0.291 e. The summed E-state index contributed by atoms with van der Waals surface area (Å²) in [7, 11) is 0. The first-order valence-corrected chi connectivity index (χ1v) is 8.53. The lowest BCUT2D eigenvalue weighted by Crippen LogP contribution is -2.31. The fourth-order valence-corrected chi connectivity index (χ4v) is 3.00. The highest BCUT2D eigenvalue weighted by Gasteiger charge is 2.28. The minimum atomic E-state index is -0.874. The number of imidazole rings is 1. The van der Waals surface area contributed by atoms with Gasteiger partial charge in [0.2, 0.25) is 0 Å². The van der Waals surface area contributed by atoms with E-state index in [1.54, 1.807) is 4.57 Å². The molecule has 0 spiro atoms. The molecule has 1 aliphatic heterocycles. The number of carbonyl (C=O) groups is 2. The van der Waals surface area contributed by atoms with E-state index in [4.69, 9.17) is 0 Å². The van der Waals surface area contributed by atoms with Crippen LogP contribution in [0, 0.1) is 11.6 Å². The molecule has 0 atom stereocenters. The number of nitrogens with one attached hydrogen (secondary N) is 2. The number of benzene rings is 1. The summed E-state index contributed by atoms with van der Waals surface area (Å²) in [5, 5.41) is 5.18. The van der Waals surface area contributed by atoms with Gasteiger partial charge in [0.15, 0.2) is 5.82 Å². The molecule has 8 heteroatoms. The summed E-state index contributed by atoms with van der Waals surface area (Å²) in [6, 6.07) is 2.84. The molecule has 6 nitrogen and oxygen atoms in total. The topological polar surface area (TPSA) is 76.0 Å². The first-order valence-electron chi connectivity index (χ1n) is 8.53. The van der Waals surface area contributed by atoms with E-state index in [2.05, 4.69) is 15.6 Å². The maximum absolute atomic E-state index is 13.8. The summed E-state index contributed by atoms with van der Waals surface area (Å²) in [6.07, 6.45) is 2.41. The van der Waals surface area contributed by atoms with Crippen molar-refractivity contribution in [3.63, 3.8) is 0 Å². The van der Waals surface area contributed by atoms with Crippen LogP contribution in [0.5, 0.6) is 0 Å². The highest BCUT2D eigenvalue weighted by atomic mass is 19.1. The quantitative estimate of drug-likeness (QED) is 0.878. The zero-order valence-electron chi connectivity index (χ0n) is 14.6. The molecule has 0 radical (unpaired) electrons. The molecule has 2 heterocycles. The highest BCUT2D eigenvalue weighted by Crippen LogP contribution is 2.23. The van der Waals surface area contributed by atoms with Crippen molar-refractivity contribution in [2.45, 2.75) is 45.7 Å². The van der Waals surface area contributed by atoms with Gasteiger partial charge < -0.3 is 15.2 Å². The van der Waals surface area contributed by atoms with Gasteiger partial charge >= 0.3 is 0 Å². The highest BCUT2D eigenvalue weighted by molar-refractivity contribution is 6.03. The van der Waals surface area contributed by atoms with Gasteiger partial charge in [-0.3, -0.25) is 9.59 Å². The molecule has 2 amide bonds. The van der Waals surface area contributed by atoms with Crippen LogP contribution in [0.25, 0.3) is 0 Å². The molecule has 1 aliphatic rings. The van der Waals surface area contributed by atoms with E-state index < -0.39 is 17.5 Å². The van der Waals surface area contributed by atoms with E-state index in [9.17, 15) is 18.4 Å². The van der Waals surface area contributed by atoms with Gasteiger partial charge in [-0.25, -0.2) is 13.8 Å². The second kappa shape index (κ2) is 7.23. The molecule has 0 bridgehead atoms. The zero-order valence-corrected chi connectivity index (χ0v) is 14.6. The minimum absolute atomic E-state index is 0.0531. The van der Waals surface area contributed by atoms with Crippen molar-refractivity contribution in [2.24, 2.45) is 0 Å². The lowest BCUT2D eigenvalue weighted by Gasteiger charge is -2.17. The van der Waals surface area contributed by atoms with Crippen LogP contribution in [-0.2, 0) is 13.0 Å². The summed E-state index contributed by atoms with van der Waals surface area (Å²) >= 11 is 0. The molecule has 0 saturated heterocycles. The number of nitrogens with zero attached hydrogens (tertiary/aromatic N) is 2. The van der Waals surface area contributed by atoms with E-state index in [1.807, 2.05) is 13.8 Å². The Labute approximate surface area is 149 Å². The zero-order chi connectivity index (χ0) is 18.8. The van der Waals surface area contributed by atoms with Gasteiger partial charge in [-0.05, 0) is 45.2 Å². The fraction of sp³-hybridized carbons (Fsp3) is 0.389. The van der Waals surface area contributed by atoms with E-state index >= 15 is 0 Å². The van der Waals surface area contributed by atoms with Gasteiger partial charge in [-0.2, -0.15) is 0 Å². The predicted octanol–water partition coefficient (Wildman–Crippen LogP) is 2.89. The lowest BCUT2D eigenvalue weighted by molar-refractivity contribution is 0.0937. The molecule has 1 aromatic carbocycles. The van der Waals surface area contributed by atoms with Crippen LogP contribution in [0.4, 0.5) is 14.5 Å². The second-order valence-corrected chi connectivity index (χ2v) is 6.55. The average Bonchev–Trinajstić information content (AvgIpc) is 2.96. The van der Waals surface area contributed by atoms with Crippen LogP contribution in [0.3, 0.4) is 0 Å². The van der Waals surface area contributed by atoms with Crippen molar-refractivity contribution in [2.75, 3.05) is 5.32 Å². The number of halogens is 2.